The van der Waals surface area contributed by atoms with Crippen LogP contribution < -0.4 is 16.0 Å². The zero-order valence-corrected chi connectivity index (χ0v) is 27.9. The molecule has 0 radical (unpaired) electrons. The average molecular weight is 658 g/mol. The normalized spacial score (nSPS) is 16.9. The van der Waals surface area contributed by atoms with Gasteiger partial charge in [0.2, 0.25) is 17.7 Å². The summed E-state index contributed by atoms with van der Waals surface area (Å²) in [5.41, 5.74) is 2.93. The van der Waals surface area contributed by atoms with Crippen LogP contribution in [0.25, 0.3) is 0 Å². The Hall–Kier alpha value is -4.71. The number of hydrogen-bond donors (Lipinski definition) is 4. The van der Waals surface area contributed by atoms with Crippen LogP contribution in [-0.4, -0.2) is 86.6 Å². The number of amides is 4. The van der Waals surface area contributed by atoms with Gasteiger partial charge >= 0.3 is 0 Å². The van der Waals surface area contributed by atoms with Gasteiger partial charge in [-0.05, 0) is 60.2 Å². The molecule has 4 amide bonds. The van der Waals surface area contributed by atoms with Crippen molar-refractivity contribution in [3.8, 4) is 5.75 Å². The minimum Gasteiger partial charge on any atom is -0.508 e. The highest BCUT2D eigenvalue weighted by Crippen LogP contribution is 2.28. The Morgan fingerprint density at radius 2 is 1.54 bits per heavy atom. The molecule has 12 heteroatoms. The first kappa shape index (κ1) is 34.6. The molecule has 3 aromatic rings. The molecule has 2 aliphatic rings. The summed E-state index contributed by atoms with van der Waals surface area (Å²) < 4.78 is 1.49. The second-order valence-electron chi connectivity index (χ2n) is 12.8. The first-order valence-corrected chi connectivity index (χ1v) is 17.0. The van der Waals surface area contributed by atoms with E-state index >= 15 is 0 Å². The molecule has 1 saturated heterocycles. The van der Waals surface area contributed by atoms with Gasteiger partial charge in [-0.25, -0.2) is 0 Å². The van der Waals surface area contributed by atoms with Crippen LogP contribution in [0.3, 0.4) is 0 Å². The van der Waals surface area contributed by atoms with Crippen molar-refractivity contribution in [2.45, 2.75) is 70.5 Å². The molecule has 0 spiro atoms. The lowest BCUT2D eigenvalue weighted by Crippen LogP contribution is -2.55. The van der Waals surface area contributed by atoms with Crippen LogP contribution >= 0.6 is 0 Å². The molecule has 5 rings (SSSR count). The monoisotopic (exact) mass is 657 g/mol. The number of nitrogens with one attached hydrogen (secondary N) is 3. The van der Waals surface area contributed by atoms with E-state index in [1.165, 1.54) is 4.68 Å². The molecular formula is C36H47N7O5. The van der Waals surface area contributed by atoms with Gasteiger partial charge in [0, 0.05) is 64.5 Å². The Bertz CT molecular complexity index is 1540. The maximum absolute atomic E-state index is 13.7. The lowest BCUT2D eigenvalue weighted by molar-refractivity contribution is -0.138. The van der Waals surface area contributed by atoms with Crippen LogP contribution in [0.4, 0.5) is 5.69 Å². The van der Waals surface area contributed by atoms with Crippen molar-refractivity contribution in [1.82, 2.24) is 30.2 Å². The maximum atomic E-state index is 13.7. The summed E-state index contributed by atoms with van der Waals surface area (Å²) in [5.74, 6) is -0.626. The number of anilines is 1. The largest absolute Gasteiger partial charge is 0.508 e. The molecule has 1 aromatic heterocycles. The Balaban J connectivity index is 1.20. The van der Waals surface area contributed by atoms with E-state index in [2.05, 4.69) is 25.9 Å². The summed E-state index contributed by atoms with van der Waals surface area (Å²) >= 11 is 0. The molecule has 1 unspecified atom stereocenters. The standard InChI is InChI=1S/C36H47N7O5/c1-3-32(45)39-30(36(48)43-21-19-42(20-22-43)24-26-11-15-29(44)16-12-26)23-25-9-13-28(14-10-25)38-35(47)33(27-7-5-4-6-8-27)40-34(46)31-17-18-37-41(31)2/h9-18,27,30,33,44H,3-8,19-24H2,1-2H3,(H,38,47)(H,39,45)(H,40,46)/t30?,33-/m0/s1. The van der Waals surface area contributed by atoms with Crippen LogP contribution in [0, 0.1) is 5.92 Å². The van der Waals surface area contributed by atoms with Crippen LogP contribution in [-0.2, 0) is 34.4 Å². The van der Waals surface area contributed by atoms with E-state index in [0.29, 0.717) is 44.0 Å². The molecule has 0 bridgehead atoms. The molecule has 1 aliphatic carbocycles. The number of hydrogen-bond acceptors (Lipinski definition) is 7. The van der Waals surface area contributed by atoms with E-state index in [1.807, 2.05) is 29.2 Å². The second-order valence-corrected chi connectivity index (χ2v) is 12.8. The van der Waals surface area contributed by atoms with Crippen molar-refractivity contribution in [3.05, 3.63) is 77.6 Å². The van der Waals surface area contributed by atoms with Gasteiger partial charge in [0.25, 0.3) is 5.91 Å². The Morgan fingerprint density at radius 3 is 2.17 bits per heavy atom. The number of phenols is 1. The van der Waals surface area contributed by atoms with E-state index in [-0.39, 0.29) is 41.7 Å². The maximum Gasteiger partial charge on any atom is 0.270 e. The first-order chi connectivity index (χ1) is 23.2. The van der Waals surface area contributed by atoms with Crippen molar-refractivity contribution in [3.63, 3.8) is 0 Å². The topological polar surface area (TPSA) is 149 Å². The number of carbonyl (C=O) groups excluding carboxylic acids is 4. The molecule has 1 aliphatic heterocycles. The zero-order valence-electron chi connectivity index (χ0n) is 27.9. The van der Waals surface area contributed by atoms with Gasteiger partial charge in [0.15, 0.2) is 0 Å². The lowest BCUT2D eigenvalue weighted by Gasteiger charge is -2.36. The lowest BCUT2D eigenvalue weighted by atomic mass is 9.83. The zero-order chi connectivity index (χ0) is 34.0. The highest BCUT2D eigenvalue weighted by atomic mass is 16.3. The van der Waals surface area contributed by atoms with Crippen molar-refractivity contribution in [2.24, 2.45) is 13.0 Å². The fourth-order valence-electron chi connectivity index (χ4n) is 6.56. The molecule has 256 valence electrons. The number of aromatic hydroxyl groups is 1. The van der Waals surface area contributed by atoms with E-state index in [9.17, 15) is 24.3 Å². The number of piperazine rings is 1. The number of aromatic nitrogens is 2. The van der Waals surface area contributed by atoms with Crippen molar-refractivity contribution >= 4 is 29.3 Å². The van der Waals surface area contributed by atoms with E-state index in [1.54, 1.807) is 50.5 Å². The summed E-state index contributed by atoms with van der Waals surface area (Å²) in [4.78, 5) is 56.8. The van der Waals surface area contributed by atoms with Crippen LogP contribution in [0.15, 0.2) is 60.8 Å². The molecule has 2 atom stereocenters. The van der Waals surface area contributed by atoms with Gasteiger partial charge in [-0.3, -0.25) is 28.8 Å². The fourth-order valence-corrected chi connectivity index (χ4v) is 6.56. The number of nitrogens with zero attached hydrogens (tertiary/aromatic N) is 4. The van der Waals surface area contributed by atoms with Crippen LogP contribution in [0.2, 0.25) is 0 Å². The molecule has 4 N–H and O–H groups in total. The molecule has 2 aromatic carbocycles. The average Bonchev–Trinajstić information content (AvgIpc) is 3.54. The molecule has 48 heavy (non-hydrogen) atoms. The van der Waals surface area contributed by atoms with E-state index < -0.39 is 12.1 Å². The fraction of sp³-hybridized carbons (Fsp3) is 0.472. The van der Waals surface area contributed by atoms with Gasteiger partial charge in [0.05, 0.1) is 0 Å². The first-order valence-electron chi connectivity index (χ1n) is 17.0. The Kier molecular flexibility index (Phi) is 11.8. The number of aryl methyl sites for hydroxylation is 1. The minimum absolute atomic E-state index is 0.0406. The number of carbonyl (C=O) groups is 4. The minimum atomic E-state index is -0.709. The van der Waals surface area contributed by atoms with Gasteiger partial charge < -0.3 is 26.0 Å². The van der Waals surface area contributed by atoms with Crippen molar-refractivity contribution in [1.29, 1.82) is 0 Å². The SMILES string of the molecule is CCC(=O)NC(Cc1ccc(NC(=O)[C@@H](NC(=O)c2ccnn2C)C2CCCCC2)cc1)C(=O)N1CCN(Cc2ccc(O)cc2)CC1. The highest BCUT2D eigenvalue weighted by molar-refractivity contribution is 6.00. The second kappa shape index (κ2) is 16.4. The predicted octanol–water partition coefficient (Wildman–Crippen LogP) is 3.22. The van der Waals surface area contributed by atoms with E-state index in [4.69, 9.17) is 0 Å². The van der Waals surface area contributed by atoms with Crippen molar-refractivity contribution < 1.29 is 24.3 Å². The summed E-state index contributed by atoms with van der Waals surface area (Å²) in [5, 5.41) is 22.5. The third kappa shape index (κ3) is 9.21. The number of phenolic OH excluding ortho intramolecular Hbond substituents is 1. The third-order valence-corrected chi connectivity index (χ3v) is 9.39. The van der Waals surface area contributed by atoms with Gasteiger partial charge in [-0.15, -0.1) is 0 Å². The molecule has 2 fully saturated rings. The molecule has 12 nitrogen and oxygen atoms in total. The summed E-state index contributed by atoms with van der Waals surface area (Å²) in [6.45, 7) is 5.02. The van der Waals surface area contributed by atoms with Gasteiger partial charge in [0.1, 0.15) is 23.5 Å². The highest BCUT2D eigenvalue weighted by Gasteiger charge is 2.32. The van der Waals surface area contributed by atoms with Crippen LogP contribution in [0.1, 0.15) is 67.1 Å². The van der Waals surface area contributed by atoms with E-state index in [0.717, 1.165) is 49.8 Å². The smallest absolute Gasteiger partial charge is 0.270 e. The van der Waals surface area contributed by atoms with Crippen LogP contribution in [0.5, 0.6) is 5.75 Å². The molecular weight excluding hydrogens is 610 g/mol. The molecule has 1 saturated carbocycles. The summed E-state index contributed by atoms with van der Waals surface area (Å²) in [7, 11) is 1.69. The number of benzene rings is 2. The third-order valence-electron chi connectivity index (χ3n) is 9.39. The Morgan fingerprint density at radius 1 is 0.875 bits per heavy atom. The summed E-state index contributed by atoms with van der Waals surface area (Å²) in [6, 6.07) is 14.7. The number of rotatable bonds is 12. The van der Waals surface area contributed by atoms with Gasteiger partial charge in [-0.2, -0.15) is 5.10 Å². The quantitative estimate of drug-likeness (QED) is 0.234. The Labute approximate surface area is 281 Å². The van der Waals surface area contributed by atoms with Crippen molar-refractivity contribution in [2.75, 3.05) is 31.5 Å². The van der Waals surface area contributed by atoms with Gasteiger partial charge in [-0.1, -0.05) is 50.5 Å². The predicted molar refractivity (Wildman–Crippen MR) is 182 cm³/mol. The summed E-state index contributed by atoms with van der Waals surface area (Å²) in [6.07, 6.45) is 7.06. The molecule has 2 heterocycles.